The van der Waals surface area contributed by atoms with Gasteiger partial charge in [0.25, 0.3) is 0 Å². The van der Waals surface area contributed by atoms with Crippen LogP contribution in [0.1, 0.15) is 21.1 Å². The summed E-state index contributed by atoms with van der Waals surface area (Å²) in [6.07, 6.45) is 1.04. The van der Waals surface area contributed by atoms with E-state index in [9.17, 15) is 14.0 Å². The smallest absolute Gasteiger partial charge is 0.371 e. The number of nitrogens with zero attached hydrogens (tertiary/aromatic N) is 1. The van der Waals surface area contributed by atoms with Crippen LogP contribution in [0, 0.1) is 5.82 Å². The third-order valence-electron chi connectivity index (χ3n) is 2.55. The first-order chi connectivity index (χ1) is 9.95. The van der Waals surface area contributed by atoms with Crippen LogP contribution in [-0.2, 0) is 11.2 Å². The summed E-state index contributed by atoms with van der Waals surface area (Å²) in [4.78, 5) is 26.2. The van der Waals surface area contributed by atoms with E-state index in [0.717, 1.165) is 16.9 Å². The van der Waals surface area contributed by atoms with Crippen LogP contribution in [0.5, 0.6) is 0 Å². The number of carbonyl (C=O) groups excluding carboxylic acids is 1. The van der Waals surface area contributed by atoms with Gasteiger partial charge >= 0.3 is 5.97 Å². The Bertz CT molecular complexity index is 706. The summed E-state index contributed by atoms with van der Waals surface area (Å²) in [5, 5.41) is 19.2. The van der Waals surface area contributed by atoms with Crippen molar-refractivity contribution in [1.82, 2.24) is 4.98 Å². The van der Waals surface area contributed by atoms with Crippen molar-refractivity contribution in [3.63, 3.8) is 0 Å². The molecule has 0 fully saturated rings. The number of aliphatic carboxylic acids is 1. The molecule has 0 aliphatic heterocycles. The van der Waals surface area contributed by atoms with Gasteiger partial charge in [-0.3, -0.25) is 4.79 Å². The molecule has 0 amide bonds. The molecule has 2 aromatic rings. The molecule has 0 radical (unpaired) electrons. The molecule has 2 N–H and O–H groups in total. The molecule has 0 unspecified atom stereocenters. The number of aromatic nitrogens is 1. The van der Waals surface area contributed by atoms with Gasteiger partial charge in [-0.2, -0.15) is 0 Å². The van der Waals surface area contributed by atoms with E-state index in [1.165, 1.54) is 12.1 Å². The van der Waals surface area contributed by atoms with Gasteiger partial charge in [0, 0.05) is 17.9 Å². The number of carboxylic acid groups (broad SMARTS) is 1. The van der Waals surface area contributed by atoms with Gasteiger partial charge in [0.1, 0.15) is 5.82 Å². The van der Waals surface area contributed by atoms with Gasteiger partial charge in [-0.25, -0.2) is 14.2 Å². The van der Waals surface area contributed by atoms with Gasteiger partial charge in [0.15, 0.2) is 5.01 Å². The highest BCUT2D eigenvalue weighted by Crippen LogP contribution is 2.15. The second-order valence-electron chi connectivity index (χ2n) is 4.15. The zero-order valence-corrected chi connectivity index (χ0v) is 11.4. The maximum atomic E-state index is 12.8. The average molecular weight is 307 g/mol. The molecule has 5 nitrogen and oxygen atoms in total. The normalized spacial score (nSPS) is 11.4. The number of hydrogen-bond acceptors (Lipinski definition) is 5. The summed E-state index contributed by atoms with van der Waals surface area (Å²) in [5.41, 5.74) is 1.45. The number of benzene rings is 1. The summed E-state index contributed by atoms with van der Waals surface area (Å²) in [7, 11) is 0. The zero-order valence-electron chi connectivity index (χ0n) is 10.6. The Morgan fingerprint density at radius 2 is 1.90 bits per heavy atom. The van der Waals surface area contributed by atoms with E-state index in [1.807, 2.05) is 0 Å². The Kier molecular flexibility index (Phi) is 4.44. The van der Waals surface area contributed by atoms with Crippen LogP contribution in [0.15, 0.2) is 41.5 Å². The molecule has 1 heterocycles. The maximum absolute atomic E-state index is 12.8. The molecule has 1 aromatic heterocycles. The van der Waals surface area contributed by atoms with E-state index in [2.05, 4.69) is 4.98 Å². The number of thiazole rings is 1. The number of ketones is 1. The largest absolute Gasteiger partial charge is 0.502 e. The number of rotatable bonds is 5. The number of allylic oxidation sites excluding steroid dienone is 1. The topological polar surface area (TPSA) is 87.5 Å². The average Bonchev–Trinajstić information content (AvgIpc) is 2.90. The van der Waals surface area contributed by atoms with Crippen LogP contribution in [0.2, 0.25) is 0 Å². The van der Waals surface area contributed by atoms with Crippen LogP contribution in [0.4, 0.5) is 4.39 Å². The minimum Gasteiger partial charge on any atom is -0.502 e. The highest BCUT2D eigenvalue weighted by molar-refractivity contribution is 7.11. The first-order valence-electron chi connectivity index (χ1n) is 5.83. The predicted octanol–water partition coefficient (Wildman–Crippen LogP) is 2.58. The fourth-order valence-electron chi connectivity index (χ4n) is 1.56. The minimum absolute atomic E-state index is 0.0833. The molecule has 0 saturated heterocycles. The van der Waals surface area contributed by atoms with Gasteiger partial charge in [0.2, 0.25) is 11.5 Å². The lowest BCUT2D eigenvalue weighted by molar-refractivity contribution is -0.135. The number of carbonyl (C=O) groups is 2. The van der Waals surface area contributed by atoms with Crippen LogP contribution in [0.3, 0.4) is 0 Å². The summed E-state index contributed by atoms with van der Waals surface area (Å²) < 4.78 is 12.8. The number of halogens is 1. The Morgan fingerprint density at radius 3 is 2.52 bits per heavy atom. The first kappa shape index (κ1) is 14.9. The zero-order chi connectivity index (χ0) is 15.4. The van der Waals surface area contributed by atoms with E-state index in [4.69, 9.17) is 10.2 Å². The summed E-state index contributed by atoms with van der Waals surface area (Å²) >= 11 is 1.05. The van der Waals surface area contributed by atoms with Crippen molar-refractivity contribution in [2.45, 2.75) is 6.42 Å². The minimum atomic E-state index is -1.58. The number of aliphatic hydroxyl groups is 1. The van der Waals surface area contributed by atoms with Gasteiger partial charge in [-0.15, -0.1) is 11.3 Å². The van der Waals surface area contributed by atoms with Gasteiger partial charge in [0.05, 0.1) is 5.69 Å². The fourth-order valence-corrected chi connectivity index (χ4v) is 2.29. The Morgan fingerprint density at radius 1 is 1.24 bits per heavy atom. The molecule has 0 atom stereocenters. The van der Waals surface area contributed by atoms with Crippen LogP contribution in [0.25, 0.3) is 0 Å². The highest BCUT2D eigenvalue weighted by atomic mass is 32.1. The highest BCUT2D eigenvalue weighted by Gasteiger charge is 2.13. The Labute approximate surface area is 123 Å². The van der Waals surface area contributed by atoms with E-state index in [1.54, 1.807) is 17.5 Å². The molecule has 0 aliphatic rings. The van der Waals surface area contributed by atoms with E-state index in [0.29, 0.717) is 18.2 Å². The van der Waals surface area contributed by atoms with Crippen LogP contribution >= 0.6 is 11.3 Å². The number of hydrogen-bond donors (Lipinski definition) is 2. The summed E-state index contributed by atoms with van der Waals surface area (Å²) in [5.74, 6) is -3.62. The van der Waals surface area contributed by atoms with Crippen molar-refractivity contribution in [2.75, 3.05) is 0 Å². The monoisotopic (exact) mass is 307 g/mol. The predicted molar refractivity (Wildman–Crippen MR) is 74.0 cm³/mol. The fraction of sp³-hybridized carbons (Fsp3) is 0.0714. The molecule has 108 valence electrons. The summed E-state index contributed by atoms with van der Waals surface area (Å²) in [6, 6.07) is 5.90. The second kappa shape index (κ2) is 6.27. The number of aliphatic hydroxyl groups excluding tert-OH is 1. The van der Waals surface area contributed by atoms with Crippen LogP contribution < -0.4 is 0 Å². The lowest BCUT2D eigenvalue weighted by Crippen LogP contribution is -2.04. The van der Waals surface area contributed by atoms with Crippen molar-refractivity contribution in [2.24, 2.45) is 0 Å². The SMILES string of the molecule is O=C(O)C(O)=CC(=O)c1nc(Cc2ccc(F)cc2)cs1. The molecule has 2 rings (SSSR count). The molecular formula is C14H10FNO4S. The number of carboxylic acids is 1. The third kappa shape index (κ3) is 3.96. The van der Waals surface area contributed by atoms with Gasteiger partial charge in [-0.1, -0.05) is 12.1 Å². The van der Waals surface area contributed by atoms with Crippen LogP contribution in [-0.4, -0.2) is 26.9 Å². The first-order valence-corrected chi connectivity index (χ1v) is 6.71. The van der Waals surface area contributed by atoms with Gasteiger partial charge in [-0.05, 0) is 17.7 Å². The molecule has 7 heteroatoms. The molecule has 1 aromatic carbocycles. The second-order valence-corrected chi connectivity index (χ2v) is 5.00. The molecule has 0 spiro atoms. The van der Waals surface area contributed by atoms with Gasteiger partial charge < -0.3 is 10.2 Å². The molecule has 21 heavy (non-hydrogen) atoms. The van der Waals surface area contributed by atoms with Crippen molar-refractivity contribution in [3.8, 4) is 0 Å². The lowest BCUT2D eigenvalue weighted by Gasteiger charge is -1.97. The van der Waals surface area contributed by atoms with E-state index in [-0.39, 0.29) is 10.8 Å². The van der Waals surface area contributed by atoms with Crippen molar-refractivity contribution < 1.29 is 24.2 Å². The lowest BCUT2D eigenvalue weighted by atomic mass is 10.1. The van der Waals surface area contributed by atoms with Crippen molar-refractivity contribution in [3.05, 3.63) is 63.6 Å². The summed E-state index contributed by atoms with van der Waals surface area (Å²) in [6.45, 7) is 0. The Hall–Kier alpha value is -2.54. The Balaban J connectivity index is 2.11. The molecule has 0 saturated carbocycles. The standard InChI is InChI=1S/C14H10FNO4S/c15-9-3-1-8(2-4-9)5-10-7-21-13(16-10)11(17)6-12(18)14(19)20/h1-4,6-7,18H,5H2,(H,19,20). The quantitative estimate of drug-likeness (QED) is 0.503. The van der Waals surface area contributed by atoms with Crippen molar-refractivity contribution >= 4 is 23.1 Å². The van der Waals surface area contributed by atoms with E-state index >= 15 is 0 Å². The molecular weight excluding hydrogens is 297 g/mol. The van der Waals surface area contributed by atoms with E-state index < -0.39 is 17.5 Å². The third-order valence-corrected chi connectivity index (χ3v) is 3.45. The van der Waals surface area contributed by atoms with Crippen molar-refractivity contribution in [1.29, 1.82) is 0 Å². The maximum Gasteiger partial charge on any atom is 0.371 e. The molecule has 0 aliphatic carbocycles. The molecule has 0 bridgehead atoms.